The summed E-state index contributed by atoms with van der Waals surface area (Å²) in [5.41, 5.74) is 4.96. The van der Waals surface area contributed by atoms with Crippen molar-refractivity contribution in [3.63, 3.8) is 0 Å². The molecular formula is C11H13F2N3O2. The largest absolute Gasteiger partial charge is 0.365 e. The van der Waals surface area contributed by atoms with Crippen molar-refractivity contribution in [1.29, 1.82) is 0 Å². The Hall–Kier alpha value is -1.76. The van der Waals surface area contributed by atoms with Gasteiger partial charge in [0.2, 0.25) is 0 Å². The molecule has 0 bridgehead atoms. The van der Waals surface area contributed by atoms with Crippen LogP contribution in [0.25, 0.3) is 0 Å². The Bertz CT molecular complexity index is 462. The van der Waals surface area contributed by atoms with Gasteiger partial charge >= 0.3 is 0 Å². The first kappa shape index (κ1) is 12.7. The Labute approximate surface area is 102 Å². The maximum atomic E-state index is 13.8. The van der Waals surface area contributed by atoms with E-state index in [9.17, 15) is 18.9 Å². The molecule has 2 unspecified atom stereocenters. The summed E-state index contributed by atoms with van der Waals surface area (Å²) in [6.07, 6.45) is 0. The third-order valence-corrected chi connectivity index (χ3v) is 3.20. The van der Waals surface area contributed by atoms with Crippen LogP contribution in [0.3, 0.4) is 0 Å². The van der Waals surface area contributed by atoms with Crippen molar-refractivity contribution in [1.82, 2.24) is 0 Å². The summed E-state index contributed by atoms with van der Waals surface area (Å²) in [6, 6.07) is 1.30. The highest BCUT2D eigenvalue weighted by molar-refractivity contribution is 5.54. The average Bonchev–Trinajstić information content (AvgIpc) is 2.57. The van der Waals surface area contributed by atoms with Gasteiger partial charge in [0.1, 0.15) is 5.69 Å². The van der Waals surface area contributed by atoms with Crippen molar-refractivity contribution >= 4 is 11.4 Å². The Kier molecular flexibility index (Phi) is 3.16. The van der Waals surface area contributed by atoms with Crippen LogP contribution in [0.2, 0.25) is 0 Å². The summed E-state index contributed by atoms with van der Waals surface area (Å²) in [6.45, 7) is 2.67. The predicted molar refractivity (Wildman–Crippen MR) is 62.4 cm³/mol. The average molecular weight is 257 g/mol. The van der Waals surface area contributed by atoms with E-state index in [0.29, 0.717) is 13.1 Å². The van der Waals surface area contributed by atoms with Crippen molar-refractivity contribution in [2.45, 2.75) is 13.0 Å². The van der Waals surface area contributed by atoms with E-state index in [-0.39, 0.29) is 17.6 Å². The van der Waals surface area contributed by atoms with Crippen LogP contribution in [0.1, 0.15) is 6.92 Å². The molecule has 1 aliphatic rings. The SMILES string of the molecule is CC1CN(c2c(F)cc([N+](=O)[O-])cc2F)CC1N. The van der Waals surface area contributed by atoms with Crippen LogP contribution < -0.4 is 10.6 Å². The molecule has 7 heteroatoms. The van der Waals surface area contributed by atoms with Crippen LogP contribution in [-0.4, -0.2) is 24.1 Å². The van der Waals surface area contributed by atoms with Gasteiger partial charge in [0, 0.05) is 19.1 Å². The molecule has 0 radical (unpaired) electrons. The molecule has 0 spiro atoms. The van der Waals surface area contributed by atoms with Gasteiger partial charge in [0.15, 0.2) is 11.6 Å². The topological polar surface area (TPSA) is 72.4 Å². The molecule has 1 fully saturated rings. The van der Waals surface area contributed by atoms with Gasteiger partial charge < -0.3 is 10.6 Å². The molecule has 1 heterocycles. The number of rotatable bonds is 2. The molecule has 0 amide bonds. The van der Waals surface area contributed by atoms with E-state index in [1.165, 1.54) is 4.90 Å². The van der Waals surface area contributed by atoms with E-state index >= 15 is 0 Å². The lowest BCUT2D eigenvalue weighted by atomic mass is 10.1. The van der Waals surface area contributed by atoms with Crippen molar-refractivity contribution < 1.29 is 13.7 Å². The number of nitro groups is 1. The van der Waals surface area contributed by atoms with Gasteiger partial charge in [0.25, 0.3) is 5.69 Å². The van der Waals surface area contributed by atoms with E-state index in [1.807, 2.05) is 6.92 Å². The summed E-state index contributed by atoms with van der Waals surface area (Å²) in [4.78, 5) is 11.1. The van der Waals surface area contributed by atoms with Gasteiger partial charge in [-0.2, -0.15) is 0 Å². The number of benzene rings is 1. The standard InChI is InChI=1S/C11H13F2N3O2/c1-6-4-15(5-10(6)14)11-8(12)2-7(16(17)18)3-9(11)13/h2-3,6,10H,4-5,14H2,1H3. The molecule has 0 aromatic heterocycles. The second-order valence-corrected chi connectivity index (χ2v) is 4.56. The molecule has 18 heavy (non-hydrogen) atoms. The van der Waals surface area contributed by atoms with E-state index < -0.39 is 22.2 Å². The first-order valence-electron chi connectivity index (χ1n) is 5.54. The fourth-order valence-electron chi connectivity index (χ4n) is 2.13. The van der Waals surface area contributed by atoms with Crippen LogP contribution in [-0.2, 0) is 0 Å². The first-order valence-corrected chi connectivity index (χ1v) is 5.54. The molecule has 2 atom stereocenters. The van der Waals surface area contributed by atoms with Crippen LogP contribution in [0, 0.1) is 27.7 Å². The number of hydrogen-bond donors (Lipinski definition) is 1. The zero-order valence-electron chi connectivity index (χ0n) is 9.77. The molecule has 0 saturated carbocycles. The normalized spacial score (nSPS) is 23.4. The summed E-state index contributed by atoms with van der Waals surface area (Å²) in [5, 5.41) is 10.5. The number of nitrogens with two attached hydrogens (primary N) is 1. The Morgan fingerprint density at radius 3 is 2.33 bits per heavy atom. The van der Waals surface area contributed by atoms with Crippen LogP contribution in [0.4, 0.5) is 20.2 Å². The predicted octanol–water partition coefficient (Wildman–Crippen LogP) is 1.66. The maximum Gasteiger partial charge on any atom is 0.275 e. The van der Waals surface area contributed by atoms with E-state index in [4.69, 9.17) is 5.73 Å². The number of nitrogens with zero attached hydrogens (tertiary/aromatic N) is 2. The fourth-order valence-corrected chi connectivity index (χ4v) is 2.13. The van der Waals surface area contributed by atoms with Gasteiger partial charge in [0.05, 0.1) is 17.1 Å². The van der Waals surface area contributed by atoms with E-state index in [1.54, 1.807) is 0 Å². The molecule has 1 saturated heterocycles. The first-order chi connectivity index (χ1) is 8.40. The summed E-state index contributed by atoms with van der Waals surface area (Å²) in [5.74, 6) is -1.73. The van der Waals surface area contributed by atoms with Gasteiger partial charge in [-0.3, -0.25) is 10.1 Å². The highest BCUT2D eigenvalue weighted by Gasteiger charge is 2.31. The van der Waals surface area contributed by atoms with Crippen LogP contribution in [0.15, 0.2) is 12.1 Å². The lowest BCUT2D eigenvalue weighted by Crippen LogP contribution is -2.29. The Morgan fingerprint density at radius 1 is 1.39 bits per heavy atom. The van der Waals surface area contributed by atoms with Gasteiger partial charge in [-0.25, -0.2) is 8.78 Å². The smallest absolute Gasteiger partial charge is 0.275 e. The second kappa shape index (κ2) is 4.49. The Balaban J connectivity index is 2.38. The zero-order chi connectivity index (χ0) is 13.4. The van der Waals surface area contributed by atoms with Crippen molar-refractivity contribution in [3.8, 4) is 0 Å². The maximum absolute atomic E-state index is 13.8. The third-order valence-electron chi connectivity index (χ3n) is 3.20. The van der Waals surface area contributed by atoms with E-state index in [0.717, 1.165) is 12.1 Å². The number of nitro benzene ring substituents is 1. The van der Waals surface area contributed by atoms with Crippen LogP contribution in [0.5, 0.6) is 0 Å². The highest BCUT2D eigenvalue weighted by Crippen LogP contribution is 2.31. The Morgan fingerprint density at radius 2 is 1.94 bits per heavy atom. The van der Waals surface area contributed by atoms with Crippen LogP contribution >= 0.6 is 0 Å². The quantitative estimate of drug-likeness (QED) is 0.646. The molecule has 1 aromatic carbocycles. The molecule has 0 aliphatic carbocycles. The summed E-state index contributed by atoms with van der Waals surface area (Å²) in [7, 11) is 0. The van der Waals surface area contributed by atoms with Crippen molar-refractivity contribution in [2.24, 2.45) is 11.7 Å². The van der Waals surface area contributed by atoms with Gasteiger partial charge in [-0.05, 0) is 5.92 Å². The second-order valence-electron chi connectivity index (χ2n) is 4.56. The van der Waals surface area contributed by atoms with Crippen molar-refractivity contribution in [2.75, 3.05) is 18.0 Å². The minimum Gasteiger partial charge on any atom is -0.365 e. The van der Waals surface area contributed by atoms with Gasteiger partial charge in [-0.15, -0.1) is 0 Å². The molecule has 1 aromatic rings. The molecule has 5 nitrogen and oxygen atoms in total. The molecule has 2 N–H and O–H groups in total. The number of anilines is 1. The molecule has 98 valence electrons. The van der Waals surface area contributed by atoms with Crippen molar-refractivity contribution in [3.05, 3.63) is 33.9 Å². The number of non-ortho nitro benzene ring substituents is 1. The number of halogens is 2. The third kappa shape index (κ3) is 2.13. The number of hydrogen-bond acceptors (Lipinski definition) is 4. The molecule has 2 rings (SSSR count). The van der Waals surface area contributed by atoms with Gasteiger partial charge in [-0.1, -0.05) is 6.92 Å². The minimum absolute atomic E-state index is 0.124. The zero-order valence-corrected chi connectivity index (χ0v) is 9.77. The molecule has 1 aliphatic heterocycles. The lowest BCUT2D eigenvalue weighted by molar-refractivity contribution is -0.385. The molecular weight excluding hydrogens is 244 g/mol. The monoisotopic (exact) mass is 257 g/mol. The lowest BCUT2D eigenvalue weighted by Gasteiger charge is -2.19. The summed E-state index contributed by atoms with van der Waals surface area (Å²) < 4.78 is 27.5. The highest BCUT2D eigenvalue weighted by atomic mass is 19.1. The summed E-state index contributed by atoms with van der Waals surface area (Å²) >= 11 is 0. The fraction of sp³-hybridized carbons (Fsp3) is 0.455. The van der Waals surface area contributed by atoms with E-state index in [2.05, 4.69) is 0 Å². The minimum atomic E-state index is -0.928.